The standard InChI is InChI=1S/C17H19F2N/c1-11-7-14(8-12(2)17(11)19)10-20-13(3)15-5-4-6-16(18)9-15/h4-9,13,20H,10H2,1-3H3. The molecule has 1 N–H and O–H groups in total. The molecule has 0 saturated carbocycles. The highest BCUT2D eigenvalue weighted by molar-refractivity contribution is 5.30. The largest absolute Gasteiger partial charge is 0.306 e. The highest BCUT2D eigenvalue weighted by Gasteiger charge is 2.08. The zero-order valence-corrected chi connectivity index (χ0v) is 12.0. The van der Waals surface area contributed by atoms with Gasteiger partial charge in [0.2, 0.25) is 0 Å². The van der Waals surface area contributed by atoms with Crippen LogP contribution >= 0.6 is 0 Å². The van der Waals surface area contributed by atoms with E-state index in [0.717, 1.165) is 11.1 Å². The molecular formula is C17H19F2N. The van der Waals surface area contributed by atoms with Crippen molar-refractivity contribution in [1.82, 2.24) is 5.32 Å². The van der Waals surface area contributed by atoms with Crippen molar-refractivity contribution in [2.45, 2.75) is 33.4 Å². The molecule has 0 radical (unpaired) electrons. The zero-order valence-electron chi connectivity index (χ0n) is 12.0. The number of benzene rings is 2. The van der Waals surface area contributed by atoms with Crippen LogP contribution in [0.5, 0.6) is 0 Å². The molecule has 0 aliphatic carbocycles. The first-order valence-corrected chi connectivity index (χ1v) is 6.72. The third kappa shape index (κ3) is 3.42. The first-order chi connectivity index (χ1) is 9.47. The van der Waals surface area contributed by atoms with E-state index in [1.807, 2.05) is 25.1 Å². The minimum atomic E-state index is -0.232. The molecule has 1 nitrogen and oxygen atoms in total. The van der Waals surface area contributed by atoms with Gasteiger partial charge in [0.1, 0.15) is 11.6 Å². The minimum absolute atomic E-state index is 0.0383. The normalized spacial score (nSPS) is 12.4. The monoisotopic (exact) mass is 275 g/mol. The number of rotatable bonds is 4. The average molecular weight is 275 g/mol. The van der Waals surface area contributed by atoms with Gasteiger partial charge in [-0.25, -0.2) is 8.78 Å². The fourth-order valence-electron chi connectivity index (χ4n) is 2.30. The van der Waals surface area contributed by atoms with Gasteiger partial charge in [-0.1, -0.05) is 24.3 Å². The Morgan fingerprint density at radius 2 is 1.70 bits per heavy atom. The van der Waals surface area contributed by atoms with Crippen molar-refractivity contribution in [3.05, 3.63) is 70.3 Å². The van der Waals surface area contributed by atoms with Gasteiger partial charge in [0.15, 0.2) is 0 Å². The van der Waals surface area contributed by atoms with Crippen molar-refractivity contribution in [2.24, 2.45) is 0 Å². The van der Waals surface area contributed by atoms with E-state index in [9.17, 15) is 8.78 Å². The van der Waals surface area contributed by atoms with Crippen LogP contribution in [0.3, 0.4) is 0 Å². The van der Waals surface area contributed by atoms with Crippen molar-refractivity contribution >= 4 is 0 Å². The molecule has 106 valence electrons. The van der Waals surface area contributed by atoms with Gasteiger partial charge in [-0.3, -0.25) is 0 Å². The predicted molar refractivity (Wildman–Crippen MR) is 77.5 cm³/mol. The molecule has 0 aliphatic rings. The Kier molecular flexibility index (Phi) is 4.50. The fourth-order valence-corrected chi connectivity index (χ4v) is 2.30. The zero-order chi connectivity index (χ0) is 14.7. The first-order valence-electron chi connectivity index (χ1n) is 6.72. The molecule has 2 aromatic rings. The van der Waals surface area contributed by atoms with Crippen molar-refractivity contribution in [3.8, 4) is 0 Å². The van der Waals surface area contributed by atoms with E-state index in [1.165, 1.54) is 12.1 Å². The summed E-state index contributed by atoms with van der Waals surface area (Å²) in [6.07, 6.45) is 0. The summed E-state index contributed by atoms with van der Waals surface area (Å²) in [6.45, 7) is 6.14. The van der Waals surface area contributed by atoms with E-state index >= 15 is 0 Å². The quantitative estimate of drug-likeness (QED) is 0.870. The van der Waals surface area contributed by atoms with Gasteiger partial charge in [-0.2, -0.15) is 0 Å². The molecule has 0 spiro atoms. The molecule has 0 bridgehead atoms. The third-order valence-electron chi connectivity index (χ3n) is 3.46. The molecule has 1 unspecified atom stereocenters. The number of aryl methyl sites for hydroxylation is 2. The second-order valence-corrected chi connectivity index (χ2v) is 5.20. The van der Waals surface area contributed by atoms with E-state index in [1.54, 1.807) is 19.9 Å². The van der Waals surface area contributed by atoms with Crippen molar-refractivity contribution in [1.29, 1.82) is 0 Å². The first kappa shape index (κ1) is 14.7. The summed E-state index contributed by atoms with van der Waals surface area (Å²) in [6, 6.07) is 10.3. The summed E-state index contributed by atoms with van der Waals surface area (Å²) in [5, 5.41) is 3.33. The van der Waals surface area contributed by atoms with Crippen LogP contribution in [-0.4, -0.2) is 0 Å². The van der Waals surface area contributed by atoms with E-state index in [4.69, 9.17) is 0 Å². The summed E-state index contributed by atoms with van der Waals surface area (Å²) in [4.78, 5) is 0. The molecule has 20 heavy (non-hydrogen) atoms. The maximum Gasteiger partial charge on any atom is 0.129 e. The molecular weight excluding hydrogens is 256 g/mol. The Morgan fingerprint density at radius 3 is 2.30 bits per heavy atom. The maximum absolute atomic E-state index is 13.6. The van der Waals surface area contributed by atoms with Gasteiger partial charge >= 0.3 is 0 Å². The van der Waals surface area contributed by atoms with Crippen LogP contribution in [-0.2, 0) is 6.54 Å². The second kappa shape index (κ2) is 6.14. The number of halogens is 2. The molecule has 0 aromatic heterocycles. The molecule has 0 saturated heterocycles. The van der Waals surface area contributed by atoms with Crippen LogP contribution in [0.25, 0.3) is 0 Å². The average Bonchev–Trinajstić information content (AvgIpc) is 2.42. The lowest BCUT2D eigenvalue weighted by atomic mass is 10.0. The Balaban J connectivity index is 2.05. The Bertz CT molecular complexity index is 585. The van der Waals surface area contributed by atoms with Gasteiger partial charge in [-0.15, -0.1) is 0 Å². The minimum Gasteiger partial charge on any atom is -0.306 e. The Labute approximate surface area is 118 Å². The van der Waals surface area contributed by atoms with E-state index in [-0.39, 0.29) is 17.7 Å². The van der Waals surface area contributed by atoms with Gasteiger partial charge < -0.3 is 5.32 Å². The molecule has 0 heterocycles. The topological polar surface area (TPSA) is 12.0 Å². The van der Waals surface area contributed by atoms with Gasteiger partial charge in [0, 0.05) is 12.6 Å². The summed E-state index contributed by atoms with van der Waals surface area (Å²) in [7, 11) is 0. The lowest BCUT2D eigenvalue weighted by molar-refractivity contribution is 0.562. The fraction of sp³-hybridized carbons (Fsp3) is 0.294. The molecule has 0 aliphatic heterocycles. The Morgan fingerprint density at radius 1 is 1.05 bits per heavy atom. The van der Waals surface area contributed by atoms with Gasteiger partial charge in [0.05, 0.1) is 0 Å². The second-order valence-electron chi connectivity index (χ2n) is 5.20. The molecule has 0 amide bonds. The summed E-state index contributed by atoms with van der Waals surface area (Å²) >= 11 is 0. The van der Waals surface area contributed by atoms with Crippen LogP contribution in [0.2, 0.25) is 0 Å². The van der Waals surface area contributed by atoms with Crippen LogP contribution in [0.1, 0.15) is 35.2 Å². The van der Waals surface area contributed by atoms with Gasteiger partial charge in [0.25, 0.3) is 0 Å². The lowest BCUT2D eigenvalue weighted by Gasteiger charge is -2.15. The van der Waals surface area contributed by atoms with E-state index in [2.05, 4.69) is 5.32 Å². The number of hydrogen-bond acceptors (Lipinski definition) is 1. The molecule has 2 aromatic carbocycles. The summed E-state index contributed by atoms with van der Waals surface area (Å²) in [5.74, 6) is -0.378. The smallest absolute Gasteiger partial charge is 0.129 e. The highest BCUT2D eigenvalue weighted by atomic mass is 19.1. The Hall–Kier alpha value is -1.74. The van der Waals surface area contributed by atoms with Gasteiger partial charge in [-0.05, 0) is 55.2 Å². The lowest BCUT2D eigenvalue weighted by Crippen LogP contribution is -2.18. The van der Waals surface area contributed by atoms with Crippen LogP contribution in [0, 0.1) is 25.5 Å². The summed E-state index contributed by atoms with van der Waals surface area (Å²) < 4.78 is 26.7. The number of nitrogens with one attached hydrogen (secondary N) is 1. The maximum atomic E-state index is 13.6. The third-order valence-corrected chi connectivity index (χ3v) is 3.46. The van der Waals surface area contributed by atoms with E-state index in [0.29, 0.717) is 17.7 Å². The van der Waals surface area contributed by atoms with Crippen LogP contribution < -0.4 is 5.32 Å². The van der Waals surface area contributed by atoms with Crippen LogP contribution in [0.4, 0.5) is 8.78 Å². The molecule has 1 atom stereocenters. The van der Waals surface area contributed by atoms with Crippen molar-refractivity contribution < 1.29 is 8.78 Å². The van der Waals surface area contributed by atoms with E-state index < -0.39 is 0 Å². The van der Waals surface area contributed by atoms with Crippen molar-refractivity contribution in [3.63, 3.8) is 0 Å². The summed E-state index contributed by atoms with van der Waals surface area (Å²) in [5.41, 5.74) is 3.24. The molecule has 2 rings (SSSR count). The molecule has 0 fully saturated rings. The number of hydrogen-bond donors (Lipinski definition) is 1. The SMILES string of the molecule is Cc1cc(CNC(C)c2cccc(F)c2)cc(C)c1F. The van der Waals surface area contributed by atoms with Crippen LogP contribution in [0.15, 0.2) is 36.4 Å². The molecule has 3 heteroatoms. The predicted octanol–water partition coefficient (Wildman–Crippen LogP) is 4.43. The highest BCUT2D eigenvalue weighted by Crippen LogP contribution is 2.17. The van der Waals surface area contributed by atoms with Crippen molar-refractivity contribution in [2.75, 3.05) is 0 Å².